The third-order valence-electron chi connectivity index (χ3n) is 1.83. The summed E-state index contributed by atoms with van der Waals surface area (Å²) in [5.74, 6) is 0.0912. The van der Waals surface area contributed by atoms with E-state index in [2.05, 4.69) is 4.18 Å². The Kier molecular flexibility index (Phi) is 5.51. The first-order chi connectivity index (χ1) is 5.87. The first-order valence-corrected chi connectivity index (χ1v) is 5.89. The van der Waals surface area contributed by atoms with Crippen LogP contribution in [0.1, 0.15) is 40.0 Å². The van der Waals surface area contributed by atoms with Crippen molar-refractivity contribution in [1.82, 2.24) is 0 Å². The zero-order chi connectivity index (χ0) is 10.5. The molecule has 0 aromatic heterocycles. The smallest absolute Gasteiger partial charge is 0.264 e. The molecule has 1 unspecified atom stereocenters. The maximum Gasteiger partial charge on any atom is 0.397 e. The molecular weight excluding hydrogens is 192 g/mol. The Labute approximate surface area is 80.2 Å². The molecule has 0 rings (SSSR count). The Hall–Kier alpha value is -0.130. The largest absolute Gasteiger partial charge is 0.397 e. The molecule has 0 amide bonds. The van der Waals surface area contributed by atoms with E-state index in [9.17, 15) is 8.42 Å². The van der Waals surface area contributed by atoms with Crippen molar-refractivity contribution in [3.8, 4) is 0 Å². The summed E-state index contributed by atoms with van der Waals surface area (Å²) in [6.07, 6.45) is 2.14. The van der Waals surface area contributed by atoms with E-state index in [0.717, 1.165) is 12.8 Å². The predicted molar refractivity (Wildman–Crippen MR) is 50.8 cm³/mol. The lowest BCUT2D eigenvalue weighted by molar-refractivity contribution is 0.127. The highest BCUT2D eigenvalue weighted by molar-refractivity contribution is 7.80. The van der Waals surface area contributed by atoms with E-state index in [1.165, 1.54) is 0 Å². The molecule has 0 aliphatic carbocycles. The summed E-state index contributed by atoms with van der Waals surface area (Å²) in [5, 5.41) is 0. The van der Waals surface area contributed by atoms with Crippen LogP contribution >= 0.6 is 0 Å². The number of hydrogen-bond donors (Lipinski definition) is 1. The second-order valence-corrected chi connectivity index (χ2v) is 4.50. The highest BCUT2D eigenvalue weighted by Crippen LogP contribution is 2.15. The third-order valence-corrected chi connectivity index (χ3v) is 2.32. The Morgan fingerprint density at radius 2 is 1.92 bits per heavy atom. The van der Waals surface area contributed by atoms with E-state index >= 15 is 0 Å². The van der Waals surface area contributed by atoms with Crippen LogP contribution in [-0.4, -0.2) is 19.1 Å². The SMILES string of the molecule is CCCCC(OS(=O)(=O)O)C(C)C. The van der Waals surface area contributed by atoms with Gasteiger partial charge >= 0.3 is 10.4 Å². The highest BCUT2D eigenvalue weighted by Gasteiger charge is 2.19. The second-order valence-electron chi connectivity index (χ2n) is 3.45. The van der Waals surface area contributed by atoms with Crippen molar-refractivity contribution >= 4 is 10.4 Å². The molecule has 0 aromatic carbocycles. The quantitative estimate of drug-likeness (QED) is 0.681. The first kappa shape index (κ1) is 12.9. The summed E-state index contributed by atoms with van der Waals surface area (Å²) >= 11 is 0. The van der Waals surface area contributed by atoms with Gasteiger partial charge in [-0.1, -0.05) is 33.6 Å². The summed E-state index contributed by atoms with van der Waals surface area (Å²) in [5.41, 5.74) is 0. The Bertz CT molecular complexity index is 220. The van der Waals surface area contributed by atoms with Crippen LogP contribution in [0.2, 0.25) is 0 Å². The van der Waals surface area contributed by atoms with Gasteiger partial charge in [-0.25, -0.2) is 4.18 Å². The van der Waals surface area contributed by atoms with Crippen LogP contribution in [0.15, 0.2) is 0 Å². The summed E-state index contributed by atoms with van der Waals surface area (Å²) in [6, 6.07) is 0. The zero-order valence-corrected chi connectivity index (χ0v) is 9.17. The number of hydrogen-bond acceptors (Lipinski definition) is 3. The maximum atomic E-state index is 10.4. The maximum absolute atomic E-state index is 10.4. The van der Waals surface area contributed by atoms with Gasteiger partial charge in [0.25, 0.3) is 0 Å². The Morgan fingerprint density at radius 3 is 2.23 bits per heavy atom. The normalized spacial score (nSPS) is 14.8. The minimum atomic E-state index is -4.30. The third kappa shape index (κ3) is 6.98. The lowest BCUT2D eigenvalue weighted by atomic mass is 10.0. The summed E-state index contributed by atoms with van der Waals surface area (Å²) in [7, 11) is -4.30. The molecule has 0 saturated heterocycles. The van der Waals surface area contributed by atoms with Gasteiger partial charge in [-0.15, -0.1) is 0 Å². The summed E-state index contributed by atoms with van der Waals surface area (Å²) in [4.78, 5) is 0. The van der Waals surface area contributed by atoms with Crippen LogP contribution in [0.4, 0.5) is 0 Å². The van der Waals surface area contributed by atoms with Crippen molar-refractivity contribution in [1.29, 1.82) is 0 Å². The van der Waals surface area contributed by atoms with Crippen LogP contribution in [-0.2, 0) is 14.6 Å². The summed E-state index contributed by atoms with van der Waals surface area (Å²) in [6.45, 7) is 5.75. The van der Waals surface area contributed by atoms with Gasteiger partial charge < -0.3 is 0 Å². The van der Waals surface area contributed by atoms with Gasteiger partial charge in [0.05, 0.1) is 6.10 Å². The van der Waals surface area contributed by atoms with E-state index in [0.29, 0.717) is 6.42 Å². The fraction of sp³-hybridized carbons (Fsp3) is 1.00. The van der Waals surface area contributed by atoms with Gasteiger partial charge in [0.1, 0.15) is 0 Å². The molecule has 0 bridgehead atoms. The Balaban J connectivity index is 4.11. The predicted octanol–water partition coefficient (Wildman–Crippen LogP) is 2.02. The Morgan fingerprint density at radius 1 is 1.38 bits per heavy atom. The van der Waals surface area contributed by atoms with Crippen LogP contribution in [0.3, 0.4) is 0 Å². The van der Waals surface area contributed by atoms with Gasteiger partial charge in [-0.2, -0.15) is 8.42 Å². The number of unbranched alkanes of at least 4 members (excludes halogenated alkanes) is 1. The van der Waals surface area contributed by atoms with Crippen molar-refractivity contribution in [2.75, 3.05) is 0 Å². The molecular formula is C8H18O4S. The van der Waals surface area contributed by atoms with E-state index in [1.807, 2.05) is 20.8 Å². The number of rotatable bonds is 6. The van der Waals surface area contributed by atoms with Crippen molar-refractivity contribution in [3.63, 3.8) is 0 Å². The molecule has 80 valence electrons. The molecule has 1 N–H and O–H groups in total. The average molecular weight is 210 g/mol. The molecule has 4 nitrogen and oxygen atoms in total. The minimum Gasteiger partial charge on any atom is -0.264 e. The first-order valence-electron chi connectivity index (χ1n) is 4.52. The van der Waals surface area contributed by atoms with Crippen molar-refractivity contribution in [2.24, 2.45) is 5.92 Å². The van der Waals surface area contributed by atoms with E-state index < -0.39 is 16.5 Å². The van der Waals surface area contributed by atoms with E-state index in [1.54, 1.807) is 0 Å². The fourth-order valence-electron chi connectivity index (χ4n) is 1.05. The minimum absolute atomic E-state index is 0.0912. The molecule has 0 spiro atoms. The van der Waals surface area contributed by atoms with Crippen molar-refractivity contribution in [2.45, 2.75) is 46.1 Å². The van der Waals surface area contributed by atoms with Crippen molar-refractivity contribution in [3.05, 3.63) is 0 Å². The second kappa shape index (κ2) is 5.57. The van der Waals surface area contributed by atoms with Gasteiger partial charge in [0.15, 0.2) is 0 Å². The van der Waals surface area contributed by atoms with Crippen molar-refractivity contribution < 1.29 is 17.2 Å². The van der Waals surface area contributed by atoms with Gasteiger partial charge in [-0.05, 0) is 12.3 Å². The zero-order valence-electron chi connectivity index (χ0n) is 8.36. The molecule has 13 heavy (non-hydrogen) atoms. The standard InChI is InChI=1S/C8H18O4S/c1-4-5-6-8(7(2)3)12-13(9,10)11/h7-8H,4-6H2,1-3H3,(H,9,10,11). The fourth-order valence-corrected chi connectivity index (χ4v) is 1.68. The van der Waals surface area contributed by atoms with Gasteiger partial charge in [0, 0.05) is 0 Å². The monoisotopic (exact) mass is 210 g/mol. The lowest BCUT2D eigenvalue weighted by Gasteiger charge is -2.18. The molecule has 0 radical (unpaired) electrons. The lowest BCUT2D eigenvalue weighted by Crippen LogP contribution is -2.23. The summed E-state index contributed by atoms with van der Waals surface area (Å²) < 4.78 is 33.9. The molecule has 0 aliphatic rings. The molecule has 5 heteroatoms. The molecule has 1 atom stereocenters. The molecule has 0 aliphatic heterocycles. The topological polar surface area (TPSA) is 63.6 Å². The molecule has 0 saturated carbocycles. The molecule has 0 heterocycles. The van der Waals surface area contributed by atoms with Crippen LogP contribution in [0.25, 0.3) is 0 Å². The average Bonchev–Trinajstić information content (AvgIpc) is 1.95. The van der Waals surface area contributed by atoms with Gasteiger partial charge in [0.2, 0.25) is 0 Å². The van der Waals surface area contributed by atoms with Crippen LogP contribution in [0, 0.1) is 5.92 Å². The van der Waals surface area contributed by atoms with E-state index in [4.69, 9.17) is 4.55 Å². The van der Waals surface area contributed by atoms with Crippen LogP contribution in [0.5, 0.6) is 0 Å². The van der Waals surface area contributed by atoms with E-state index in [-0.39, 0.29) is 5.92 Å². The van der Waals surface area contributed by atoms with Gasteiger partial charge in [-0.3, -0.25) is 4.55 Å². The molecule has 0 aromatic rings. The highest BCUT2D eigenvalue weighted by atomic mass is 32.3. The molecule has 0 fully saturated rings. The van der Waals surface area contributed by atoms with Crippen LogP contribution < -0.4 is 0 Å².